The maximum absolute atomic E-state index is 13.6. The molecule has 5 aromatic carbocycles. The Morgan fingerprint density at radius 2 is 1.15 bits per heavy atom. The van der Waals surface area contributed by atoms with Gasteiger partial charge in [-0.15, -0.1) is 0 Å². The van der Waals surface area contributed by atoms with Gasteiger partial charge >= 0.3 is 11.9 Å². The molecule has 65 heavy (non-hydrogen) atoms. The molecule has 0 unspecified atom stereocenters. The van der Waals surface area contributed by atoms with Gasteiger partial charge in [-0.3, -0.25) is 0 Å². The molecule has 16 heteroatoms. The third kappa shape index (κ3) is 12.6. The van der Waals surface area contributed by atoms with Gasteiger partial charge < -0.3 is 52.5 Å². The number of methoxy groups -OCH3 is 2. The van der Waals surface area contributed by atoms with Gasteiger partial charge in [-0.05, 0) is 52.1 Å². The summed E-state index contributed by atoms with van der Waals surface area (Å²) in [5.41, 5.74) is 13.6. The van der Waals surface area contributed by atoms with Crippen molar-refractivity contribution in [2.45, 2.75) is 87.8 Å². The molecule has 0 aliphatic carbocycles. The van der Waals surface area contributed by atoms with Crippen LogP contribution in [0.25, 0.3) is 10.4 Å². The number of azide groups is 1. The number of hydrogen-bond donors (Lipinski definition) is 1. The standard InChI is InChI=1S/C49H51N3O13/c1-56-37-25-23-35(24-26-37)30-59-40-38(31-58-27-32-15-7-3-8-16-32)62-49(39(51-52-50)41(40)60-28-33-17-9-4-10-18-33)65-43-42(61-29-34-19-11-5-12-20-34)44(48(55)64-45(43)47(54)57-2)63-46(53)36-21-13-6-14-22-36/h3-26,38-45,48-49,55H,27-31H2,1-2H3/t38-,39-,40-,41-,42+,43+,44-,45-,48-,49-/m1/s1. The van der Waals surface area contributed by atoms with Gasteiger partial charge in [0.05, 0.1) is 52.8 Å². The molecule has 2 heterocycles. The van der Waals surface area contributed by atoms with Crippen molar-refractivity contribution in [1.82, 2.24) is 0 Å². The van der Waals surface area contributed by atoms with Gasteiger partial charge in [0.25, 0.3) is 0 Å². The summed E-state index contributed by atoms with van der Waals surface area (Å²) in [5.74, 6) is -1.07. The van der Waals surface area contributed by atoms with Crippen molar-refractivity contribution < 1.29 is 62.1 Å². The molecule has 16 nitrogen and oxygen atoms in total. The van der Waals surface area contributed by atoms with E-state index < -0.39 is 73.3 Å². The normalized spacial score (nSPS) is 25.2. The van der Waals surface area contributed by atoms with E-state index in [4.69, 9.17) is 47.4 Å². The van der Waals surface area contributed by atoms with Crippen molar-refractivity contribution in [2.24, 2.45) is 5.11 Å². The van der Waals surface area contributed by atoms with E-state index in [0.29, 0.717) is 5.75 Å². The van der Waals surface area contributed by atoms with E-state index in [1.807, 2.05) is 115 Å². The zero-order chi connectivity index (χ0) is 45.4. The van der Waals surface area contributed by atoms with Gasteiger partial charge in [0.1, 0.15) is 42.3 Å². The first-order chi connectivity index (χ1) is 31.8. The van der Waals surface area contributed by atoms with Crippen molar-refractivity contribution in [3.05, 3.63) is 184 Å². The highest BCUT2D eigenvalue weighted by atomic mass is 16.7. The highest BCUT2D eigenvalue weighted by molar-refractivity contribution is 5.89. The number of aliphatic hydroxyl groups excluding tert-OH is 1. The average molecular weight is 890 g/mol. The van der Waals surface area contributed by atoms with E-state index in [9.17, 15) is 20.2 Å². The molecule has 0 spiro atoms. The molecule has 340 valence electrons. The lowest BCUT2D eigenvalue weighted by Crippen LogP contribution is -2.66. The van der Waals surface area contributed by atoms with Crippen molar-refractivity contribution in [2.75, 3.05) is 20.8 Å². The van der Waals surface area contributed by atoms with E-state index in [2.05, 4.69) is 10.0 Å². The monoisotopic (exact) mass is 889 g/mol. The third-order valence-corrected chi connectivity index (χ3v) is 10.9. The van der Waals surface area contributed by atoms with E-state index in [0.717, 1.165) is 29.4 Å². The molecule has 0 aromatic heterocycles. The predicted molar refractivity (Wildman–Crippen MR) is 233 cm³/mol. The Morgan fingerprint density at radius 3 is 1.71 bits per heavy atom. The van der Waals surface area contributed by atoms with Crippen LogP contribution in [0.5, 0.6) is 5.75 Å². The highest BCUT2D eigenvalue weighted by Crippen LogP contribution is 2.36. The first-order valence-corrected chi connectivity index (χ1v) is 21.0. The number of esters is 2. The fourth-order valence-electron chi connectivity index (χ4n) is 7.54. The third-order valence-electron chi connectivity index (χ3n) is 10.9. The van der Waals surface area contributed by atoms with Gasteiger partial charge in [0.2, 0.25) is 0 Å². The Labute approximate surface area is 376 Å². The van der Waals surface area contributed by atoms with Crippen LogP contribution in [0.2, 0.25) is 0 Å². The smallest absolute Gasteiger partial charge is 0.338 e. The molecule has 2 aliphatic rings. The van der Waals surface area contributed by atoms with Crippen LogP contribution in [-0.4, -0.2) is 99.2 Å². The Balaban J connectivity index is 1.26. The quantitative estimate of drug-likeness (QED) is 0.0368. The van der Waals surface area contributed by atoms with Gasteiger partial charge in [0.15, 0.2) is 24.8 Å². The number of carbonyl (C=O) groups excluding carboxylic acids is 2. The van der Waals surface area contributed by atoms with E-state index in [-0.39, 0.29) is 38.6 Å². The number of nitrogens with zero attached hydrogens (tertiary/aromatic N) is 3. The number of benzene rings is 5. The molecule has 0 amide bonds. The van der Waals surface area contributed by atoms with Crippen LogP contribution in [0.4, 0.5) is 0 Å². The first kappa shape index (κ1) is 46.8. The molecule has 10 atom stereocenters. The Kier molecular flexibility index (Phi) is 17.0. The molecule has 2 aliphatic heterocycles. The lowest BCUT2D eigenvalue weighted by atomic mass is 9.95. The van der Waals surface area contributed by atoms with Crippen LogP contribution in [-0.2, 0) is 73.9 Å². The van der Waals surface area contributed by atoms with E-state index in [1.165, 1.54) is 0 Å². The fraction of sp³-hybridized carbons (Fsp3) is 0.347. The summed E-state index contributed by atoms with van der Waals surface area (Å²) in [6, 6.07) is 42.3. The molecule has 2 saturated heterocycles. The molecular formula is C49H51N3O13. The lowest BCUT2D eigenvalue weighted by Gasteiger charge is -2.48. The van der Waals surface area contributed by atoms with Gasteiger partial charge in [-0.25, -0.2) is 9.59 Å². The Hall–Kier alpha value is -6.17. The number of aliphatic hydroxyl groups is 1. The van der Waals surface area contributed by atoms with Crippen LogP contribution in [0.3, 0.4) is 0 Å². The number of carbonyl (C=O) groups is 2. The molecule has 7 rings (SSSR count). The fourth-order valence-corrected chi connectivity index (χ4v) is 7.54. The second-order valence-electron chi connectivity index (χ2n) is 15.2. The topological polar surface area (TPSA) is 195 Å². The SMILES string of the molecule is COC(=O)[C@@H]1O[C@@H](O)[C@H](OC(=O)c2ccccc2)[C@@H](OCc2ccccc2)[C@@H]1O[C@H]1O[C@H](COCc2ccccc2)[C@@H](OCc2ccc(OC)cc2)[C@H](OCc2ccccc2)[C@H]1N=[N+]=[N-]. The van der Waals surface area contributed by atoms with Crippen LogP contribution < -0.4 is 4.74 Å². The van der Waals surface area contributed by atoms with Gasteiger partial charge in [-0.2, -0.15) is 0 Å². The van der Waals surface area contributed by atoms with Crippen molar-refractivity contribution in [3.63, 3.8) is 0 Å². The summed E-state index contributed by atoms with van der Waals surface area (Å²) in [7, 11) is 2.73. The van der Waals surface area contributed by atoms with Crippen LogP contribution >= 0.6 is 0 Å². The lowest BCUT2D eigenvalue weighted by molar-refractivity contribution is -0.344. The zero-order valence-corrected chi connectivity index (χ0v) is 35.9. The minimum Gasteiger partial charge on any atom is -0.497 e. The maximum Gasteiger partial charge on any atom is 0.338 e. The van der Waals surface area contributed by atoms with E-state index >= 15 is 0 Å². The second kappa shape index (κ2) is 23.7. The summed E-state index contributed by atoms with van der Waals surface area (Å²) < 4.78 is 61.8. The number of rotatable bonds is 20. The number of hydrogen-bond acceptors (Lipinski definition) is 14. The van der Waals surface area contributed by atoms with Crippen molar-refractivity contribution in [3.8, 4) is 5.75 Å². The maximum atomic E-state index is 13.6. The number of ether oxygens (including phenoxy) is 10. The summed E-state index contributed by atoms with van der Waals surface area (Å²) in [4.78, 5) is 30.4. The second-order valence-corrected chi connectivity index (χ2v) is 15.2. The Bertz CT molecular complexity index is 2270. The van der Waals surface area contributed by atoms with Crippen LogP contribution in [0.15, 0.2) is 151 Å². The summed E-state index contributed by atoms with van der Waals surface area (Å²) in [6.07, 6.45) is -12.5. The average Bonchev–Trinajstić information content (AvgIpc) is 3.35. The molecule has 2 fully saturated rings. The summed E-state index contributed by atoms with van der Waals surface area (Å²) in [6.45, 7) is 0.253. The van der Waals surface area contributed by atoms with Crippen molar-refractivity contribution >= 4 is 11.9 Å². The minimum atomic E-state index is -1.88. The van der Waals surface area contributed by atoms with Gasteiger partial charge in [-0.1, -0.05) is 126 Å². The minimum absolute atomic E-state index is 0.0538. The molecule has 0 bridgehead atoms. The highest BCUT2D eigenvalue weighted by Gasteiger charge is 2.56. The van der Waals surface area contributed by atoms with Gasteiger partial charge in [0, 0.05) is 4.91 Å². The molecule has 1 N–H and O–H groups in total. The Morgan fingerprint density at radius 1 is 0.631 bits per heavy atom. The summed E-state index contributed by atoms with van der Waals surface area (Å²) >= 11 is 0. The summed E-state index contributed by atoms with van der Waals surface area (Å²) in [5, 5.41) is 15.7. The molecule has 5 aromatic rings. The van der Waals surface area contributed by atoms with Crippen LogP contribution in [0, 0.1) is 0 Å². The molecule has 0 radical (unpaired) electrons. The zero-order valence-electron chi connectivity index (χ0n) is 35.9. The molecule has 0 saturated carbocycles. The predicted octanol–water partition coefficient (Wildman–Crippen LogP) is 6.87. The molecular weight excluding hydrogens is 839 g/mol. The van der Waals surface area contributed by atoms with E-state index in [1.54, 1.807) is 37.4 Å². The van der Waals surface area contributed by atoms with Crippen molar-refractivity contribution in [1.29, 1.82) is 0 Å². The largest absolute Gasteiger partial charge is 0.497 e. The first-order valence-electron chi connectivity index (χ1n) is 21.0. The van der Waals surface area contributed by atoms with Crippen LogP contribution in [0.1, 0.15) is 32.6 Å².